The molecule has 3 atom stereocenters. The second kappa shape index (κ2) is 8.01. The van der Waals surface area contributed by atoms with Crippen molar-refractivity contribution in [3.05, 3.63) is 70.3 Å². The number of guanidine groups is 1. The molecule has 0 bridgehead atoms. The standard InChI is InChI=1S/C27H32N4O2/c1-4-27(5-2)15-23(32)31(26(28)30-27)22-14-18-10-11-19(13-21(18)22)25(33)29-24-16(3)12-17-8-6-7-9-20(17)24/h6-11,13,16,22,24H,4-5,12,14-15H2,1-3H3,(H2,28,30)(H,29,33)/t16-,22-,24+/m1/s1. The van der Waals surface area contributed by atoms with Crippen LogP contribution in [0.15, 0.2) is 47.5 Å². The van der Waals surface area contributed by atoms with Crippen LogP contribution in [0.2, 0.25) is 0 Å². The molecule has 2 amide bonds. The number of benzene rings is 2. The van der Waals surface area contributed by atoms with Crippen molar-refractivity contribution in [2.45, 2.75) is 70.5 Å². The van der Waals surface area contributed by atoms with Crippen molar-refractivity contribution < 1.29 is 9.59 Å². The van der Waals surface area contributed by atoms with E-state index in [9.17, 15) is 9.59 Å². The number of aliphatic imine (C=N–C) groups is 1. The van der Waals surface area contributed by atoms with E-state index in [0.29, 0.717) is 23.9 Å². The lowest BCUT2D eigenvalue weighted by atomic mass is 9.79. The van der Waals surface area contributed by atoms with Crippen LogP contribution >= 0.6 is 0 Å². The van der Waals surface area contributed by atoms with Crippen LogP contribution in [0.4, 0.5) is 0 Å². The van der Waals surface area contributed by atoms with Crippen LogP contribution in [0.3, 0.4) is 0 Å². The van der Waals surface area contributed by atoms with Gasteiger partial charge in [0.15, 0.2) is 5.96 Å². The quantitative estimate of drug-likeness (QED) is 0.729. The summed E-state index contributed by atoms with van der Waals surface area (Å²) in [4.78, 5) is 32.6. The first-order chi connectivity index (χ1) is 15.9. The van der Waals surface area contributed by atoms with Gasteiger partial charge in [0.2, 0.25) is 5.91 Å². The zero-order valence-electron chi connectivity index (χ0n) is 19.6. The smallest absolute Gasteiger partial charge is 0.251 e. The molecule has 0 radical (unpaired) electrons. The minimum atomic E-state index is -0.389. The predicted molar refractivity (Wildman–Crippen MR) is 129 cm³/mol. The fourth-order valence-electron chi connectivity index (χ4n) is 5.71. The molecule has 5 rings (SSSR count). The van der Waals surface area contributed by atoms with Crippen LogP contribution in [0.5, 0.6) is 0 Å². The summed E-state index contributed by atoms with van der Waals surface area (Å²) >= 11 is 0. The number of rotatable bonds is 5. The molecule has 0 saturated heterocycles. The second-order valence-electron chi connectivity index (χ2n) is 9.81. The Morgan fingerprint density at radius 3 is 2.58 bits per heavy atom. The van der Waals surface area contributed by atoms with Crippen molar-refractivity contribution in [1.82, 2.24) is 10.2 Å². The average Bonchev–Trinajstić information content (AvgIpc) is 3.11. The molecule has 33 heavy (non-hydrogen) atoms. The first-order valence-electron chi connectivity index (χ1n) is 12.0. The third-order valence-corrected chi connectivity index (χ3v) is 7.94. The van der Waals surface area contributed by atoms with E-state index < -0.39 is 0 Å². The second-order valence-corrected chi connectivity index (χ2v) is 9.81. The maximum absolute atomic E-state index is 13.2. The van der Waals surface area contributed by atoms with Crippen LogP contribution in [-0.4, -0.2) is 28.2 Å². The highest BCUT2D eigenvalue weighted by Crippen LogP contribution is 2.42. The van der Waals surface area contributed by atoms with Crippen molar-refractivity contribution in [2.24, 2.45) is 16.6 Å². The van der Waals surface area contributed by atoms with E-state index in [-0.39, 0.29) is 29.4 Å². The number of carbonyl (C=O) groups excluding carboxylic acids is 2. The zero-order valence-corrected chi connectivity index (χ0v) is 19.6. The van der Waals surface area contributed by atoms with E-state index in [0.717, 1.165) is 36.8 Å². The molecule has 1 heterocycles. The molecular formula is C27H32N4O2. The molecule has 0 fully saturated rings. The van der Waals surface area contributed by atoms with Gasteiger partial charge in [0.25, 0.3) is 5.91 Å². The number of amides is 2. The Kier molecular flexibility index (Phi) is 5.26. The molecule has 0 aromatic heterocycles. The van der Waals surface area contributed by atoms with Crippen LogP contribution in [0, 0.1) is 5.92 Å². The number of nitrogens with one attached hydrogen (secondary N) is 1. The Morgan fingerprint density at radius 2 is 1.85 bits per heavy atom. The fourth-order valence-corrected chi connectivity index (χ4v) is 5.71. The summed E-state index contributed by atoms with van der Waals surface area (Å²) in [5.74, 6) is 0.592. The topological polar surface area (TPSA) is 87.8 Å². The molecule has 3 aliphatic rings. The highest BCUT2D eigenvalue weighted by molar-refractivity contribution is 6.00. The molecule has 6 heteroatoms. The molecule has 2 aliphatic carbocycles. The molecule has 2 aromatic carbocycles. The van der Waals surface area contributed by atoms with Gasteiger partial charge in [-0.1, -0.05) is 51.1 Å². The largest absolute Gasteiger partial charge is 0.369 e. The normalized spacial score (nSPS) is 25.1. The number of hydrogen-bond donors (Lipinski definition) is 2. The SMILES string of the molecule is CCC1(CC)CC(=O)N([C@@H]2Cc3ccc(C(=O)N[C@@H]4c5ccccc5C[C@H]4C)cc32)C(N)=N1. The summed E-state index contributed by atoms with van der Waals surface area (Å²) in [6.07, 6.45) is 3.67. The Balaban J connectivity index is 1.37. The van der Waals surface area contributed by atoms with Crippen LogP contribution < -0.4 is 11.1 Å². The van der Waals surface area contributed by atoms with Crippen LogP contribution in [0.1, 0.15) is 84.7 Å². The molecular weight excluding hydrogens is 412 g/mol. The van der Waals surface area contributed by atoms with Gasteiger partial charge in [-0.05, 0) is 66.0 Å². The van der Waals surface area contributed by atoms with Gasteiger partial charge in [0.1, 0.15) is 0 Å². The first-order valence-corrected chi connectivity index (χ1v) is 12.0. The van der Waals surface area contributed by atoms with E-state index in [1.165, 1.54) is 11.1 Å². The summed E-state index contributed by atoms with van der Waals surface area (Å²) in [5.41, 5.74) is 11.2. The van der Waals surface area contributed by atoms with Gasteiger partial charge in [0.05, 0.1) is 24.0 Å². The summed E-state index contributed by atoms with van der Waals surface area (Å²) in [7, 11) is 0. The molecule has 3 N–H and O–H groups in total. The molecule has 0 spiro atoms. The molecule has 0 unspecified atom stereocenters. The summed E-state index contributed by atoms with van der Waals surface area (Å²) in [6, 6.07) is 14.0. The van der Waals surface area contributed by atoms with Crippen LogP contribution in [0.25, 0.3) is 0 Å². The third kappa shape index (κ3) is 3.52. The Hall–Kier alpha value is -3.15. The number of hydrogen-bond acceptors (Lipinski definition) is 4. The lowest BCUT2D eigenvalue weighted by Crippen LogP contribution is -2.54. The summed E-state index contributed by atoms with van der Waals surface area (Å²) in [5, 5.41) is 3.24. The van der Waals surface area contributed by atoms with Gasteiger partial charge < -0.3 is 11.1 Å². The van der Waals surface area contributed by atoms with E-state index in [2.05, 4.69) is 44.3 Å². The average molecular weight is 445 g/mol. The molecule has 6 nitrogen and oxygen atoms in total. The third-order valence-electron chi connectivity index (χ3n) is 7.94. The van der Waals surface area contributed by atoms with Gasteiger partial charge >= 0.3 is 0 Å². The number of nitrogens with two attached hydrogens (primary N) is 1. The van der Waals surface area contributed by atoms with E-state index in [1.807, 2.05) is 24.3 Å². The van der Waals surface area contributed by atoms with Crippen molar-refractivity contribution in [3.8, 4) is 0 Å². The van der Waals surface area contributed by atoms with Crippen molar-refractivity contribution in [3.63, 3.8) is 0 Å². The van der Waals surface area contributed by atoms with Gasteiger partial charge in [-0.25, -0.2) is 4.99 Å². The predicted octanol–water partition coefficient (Wildman–Crippen LogP) is 4.05. The lowest BCUT2D eigenvalue weighted by Gasteiger charge is -2.44. The van der Waals surface area contributed by atoms with Crippen molar-refractivity contribution in [1.29, 1.82) is 0 Å². The highest BCUT2D eigenvalue weighted by atomic mass is 16.2. The summed E-state index contributed by atoms with van der Waals surface area (Å²) < 4.78 is 0. The van der Waals surface area contributed by atoms with Crippen molar-refractivity contribution >= 4 is 17.8 Å². The Bertz CT molecular complexity index is 1150. The van der Waals surface area contributed by atoms with Gasteiger partial charge in [-0.15, -0.1) is 0 Å². The highest BCUT2D eigenvalue weighted by Gasteiger charge is 2.43. The molecule has 0 saturated carbocycles. The molecule has 172 valence electrons. The fraction of sp³-hybridized carbons (Fsp3) is 0.444. The Labute approximate surface area is 195 Å². The zero-order chi connectivity index (χ0) is 23.3. The minimum Gasteiger partial charge on any atom is -0.369 e. The monoisotopic (exact) mass is 444 g/mol. The summed E-state index contributed by atoms with van der Waals surface area (Å²) in [6.45, 7) is 6.28. The van der Waals surface area contributed by atoms with Gasteiger partial charge in [-0.2, -0.15) is 0 Å². The van der Waals surface area contributed by atoms with Gasteiger partial charge in [-0.3, -0.25) is 14.5 Å². The minimum absolute atomic E-state index is 0.0122. The van der Waals surface area contributed by atoms with E-state index in [4.69, 9.17) is 10.7 Å². The Morgan fingerprint density at radius 1 is 1.12 bits per heavy atom. The number of nitrogens with zero attached hydrogens (tertiary/aromatic N) is 2. The molecule has 1 aliphatic heterocycles. The van der Waals surface area contributed by atoms with E-state index in [1.54, 1.807) is 4.90 Å². The first kappa shape index (κ1) is 21.7. The van der Waals surface area contributed by atoms with E-state index >= 15 is 0 Å². The lowest BCUT2D eigenvalue weighted by molar-refractivity contribution is -0.132. The number of carbonyl (C=O) groups is 2. The van der Waals surface area contributed by atoms with Crippen molar-refractivity contribution in [2.75, 3.05) is 0 Å². The maximum Gasteiger partial charge on any atom is 0.251 e. The molecule has 2 aromatic rings. The van der Waals surface area contributed by atoms with Gasteiger partial charge in [0, 0.05) is 5.56 Å². The maximum atomic E-state index is 13.2. The van der Waals surface area contributed by atoms with Crippen LogP contribution in [-0.2, 0) is 17.6 Å². The number of fused-ring (bicyclic) bond motifs is 2.